The van der Waals surface area contributed by atoms with E-state index in [4.69, 9.17) is 32.7 Å². The summed E-state index contributed by atoms with van der Waals surface area (Å²) >= 11 is 11.1. The van der Waals surface area contributed by atoms with Gasteiger partial charge in [0.05, 0.1) is 12.5 Å². The molecule has 0 aliphatic heterocycles. The number of benzene rings is 2. The van der Waals surface area contributed by atoms with E-state index in [1.165, 1.54) is 0 Å². The molecule has 0 aliphatic rings. The van der Waals surface area contributed by atoms with Crippen LogP contribution >= 0.6 is 23.2 Å². The largest absolute Gasteiger partial charge is 0.494 e. The van der Waals surface area contributed by atoms with Gasteiger partial charge in [-0.05, 0) is 55.0 Å². The minimum Gasteiger partial charge on any atom is -0.494 e. The lowest BCUT2D eigenvalue weighted by Crippen LogP contribution is -2.18. The maximum absolute atomic E-state index is 12.5. The Balaban J connectivity index is 1.95. The van der Waals surface area contributed by atoms with E-state index in [-0.39, 0.29) is 18.3 Å². The molecule has 0 aromatic heterocycles. The third kappa shape index (κ3) is 6.24. The Bertz CT molecular complexity index is 656. The highest BCUT2D eigenvalue weighted by molar-refractivity contribution is 6.18. The average Bonchev–Trinajstić information content (AvgIpc) is 2.66. The molecule has 0 spiro atoms. The molecule has 2 rings (SSSR count). The Hall–Kier alpha value is -1.75. The summed E-state index contributed by atoms with van der Waals surface area (Å²) in [6, 6.07) is 13.8. The summed E-state index contributed by atoms with van der Waals surface area (Å²) < 4.78 is 10.9. The molecular formula is C19H20Cl2O4. The van der Waals surface area contributed by atoms with Gasteiger partial charge >= 0.3 is 0 Å². The van der Waals surface area contributed by atoms with Crippen LogP contribution in [0.25, 0.3) is 0 Å². The Morgan fingerprint density at radius 1 is 0.920 bits per heavy atom. The fraction of sp³-hybridized carbons (Fsp3) is 0.316. The van der Waals surface area contributed by atoms with E-state index in [9.17, 15) is 9.90 Å². The molecule has 0 saturated carbocycles. The molecule has 2 aromatic carbocycles. The third-order valence-electron chi connectivity index (χ3n) is 3.40. The number of carbonyl (C=O) groups is 1. The van der Waals surface area contributed by atoms with Gasteiger partial charge in [0.1, 0.15) is 24.2 Å². The summed E-state index contributed by atoms with van der Waals surface area (Å²) in [7, 11) is 0. The number of aliphatic hydroxyl groups excluding tert-OH is 1. The highest BCUT2D eigenvalue weighted by Gasteiger charge is 2.10. The standard InChI is InChI=1S/C19H20Cl2O4/c20-10-1-11-24-17-6-2-14(3-7-17)19(23)15-4-8-18(9-5-15)25-13-16(22)12-21/h2-9,16,22H,1,10-13H2. The van der Waals surface area contributed by atoms with E-state index in [1.807, 2.05) is 0 Å². The average molecular weight is 383 g/mol. The molecule has 25 heavy (non-hydrogen) atoms. The van der Waals surface area contributed by atoms with Gasteiger partial charge in [-0.25, -0.2) is 0 Å². The second-order valence-electron chi connectivity index (χ2n) is 5.39. The number of rotatable bonds is 10. The van der Waals surface area contributed by atoms with E-state index >= 15 is 0 Å². The highest BCUT2D eigenvalue weighted by atomic mass is 35.5. The second kappa shape index (κ2) is 10.3. The lowest BCUT2D eigenvalue weighted by Gasteiger charge is -2.10. The van der Waals surface area contributed by atoms with Gasteiger partial charge in [0.25, 0.3) is 0 Å². The third-order valence-corrected chi connectivity index (χ3v) is 4.02. The molecule has 1 N–H and O–H groups in total. The van der Waals surface area contributed by atoms with Crippen molar-refractivity contribution >= 4 is 29.0 Å². The lowest BCUT2D eigenvalue weighted by molar-refractivity contribution is 0.103. The van der Waals surface area contributed by atoms with Crippen LogP contribution in [0.5, 0.6) is 11.5 Å². The second-order valence-corrected chi connectivity index (χ2v) is 6.07. The summed E-state index contributed by atoms with van der Waals surface area (Å²) in [5, 5.41) is 9.37. The first-order valence-corrected chi connectivity index (χ1v) is 9.01. The van der Waals surface area contributed by atoms with Crippen molar-refractivity contribution in [3.63, 3.8) is 0 Å². The van der Waals surface area contributed by atoms with Crippen LogP contribution in [-0.4, -0.2) is 42.0 Å². The predicted molar refractivity (Wildman–Crippen MR) is 99.4 cm³/mol. The first-order valence-electron chi connectivity index (χ1n) is 7.94. The van der Waals surface area contributed by atoms with Crippen LogP contribution in [0.1, 0.15) is 22.3 Å². The van der Waals surface area contributed by atoms with E-state index in [0.717, 1.165) is 6.42 Å². The molecule has 1 atom stereocenters. The van der Waals surface area contributed by atoms with Crippen molar-refractivity contribution in [1.82, 2.24) is 0 Å². The maximum Gasteiger partial charge on any atom is 0.193 e. The Labute approximate surface area is 157 Å². The molecule has 134 valence electrons. The zero-order valence-electron chi connectivity index (χ0n) is 13.7. The number of ketones is 1. The van der Waals surface area contributed by atoms with Crippen molar-refractivity contribution in [2.24, 2.45) is 0 Å². The smallest absolute Gasteiger partial charge is 0.193 e. The van der Waals surface area contributed by atoms with Crippen molar-refractivity contribution in [2.75, 3.05) is 25.0 Å². The predicted octanol–water partition coefficient (Wildman–Crippen LogP) is 3.90. The van der Waals surface area contributed by atoms with Crippen molar-refractivity contribution in [3.05, 3.63) is 59.7 Å². The number of ether oxygens (including phenoxy) is 2. The summed E-state index contributed by atoms with van der Waals surface area (Å²) in [6.45, 7) is 0.665. The molecule has 2 aromatic rings. The number of hydrogen-bond donors (Lipinski definition) is 1. The van der Waals surface area contributed by atoms with Crippen LogP contribution in [0.4, 0.5) is 0 Å². The zero-order chi connectivity index (χ0) is 18.1. The fourth-order valence-electron chi connectivity index (χ4n) is 2.05. The van der Waals surface area contributed by atoms with Crippen LogP contribution in [-0.2, 0) is 0 Å². The number of hydrogen-bond acceptors (Lipinski definition) is 4. The first-order chi connectivity index (χ1) is 12.1. The van der Waals surface area contributed by atoms with E-state index in [1.54, 1.807) is 48.5 Å². The monoisotopic (exact) mass is 382 g/mol. The van der Waals surface area contributed by atoms with E-state index < -0.39 is 6.10 Å². The van der Waals surface area contributed by atoms with Gasteiger partial charge in [-0.15, -0.1) is 23.2 Å². The summed E-state index contributed by atoms with van der Waals surface area (Å²) in [5.74, 6) is 1.87. The van der Waals surface area contributed by atoms with Crippen LogP contribution in [0, 0.1) is 0 Å². The molecule has 0 fully saturated rings. The van der Waals surface area contributed by atoms with Gasteiger partial charge in [0.2, 0.25) is 0 Å². The van der Waals surface area contributed by atoms with E-state index in [0.29, 0.717) is 35.1 Å². The molecule has 0 saturated heterocycles. The van der Waals surface area contributed by atoms with Gasteiger partial charge in [-0.1, -0.05) is 0 Å². The summed E-state index contributed by atoms with van der Waals surface area (Å²) in [5.41, 5.74) is 1.14. The van der Waals surface area contributed by atoms with Crippen LogP contribution < -0.4 is 9.47 Å². The molecule has 0 bridgehead atoms. The fourth-order valence-corrected chi connectivity index (χ4v) is 2.25. The normalized spacial score (nSPS) is 11.8. The molecule has 0 radical (unpaired) electrons. The van der Waals surface area contributed by atoms with Gasteiger partial charge in [0.15, 0.2) is 5.78 Å². The van der Waals surface area contributed by atoms with Crippen molar-refractivity contribution < 1.29 is 19.4 Å². The Morgan fingerprint density at radius 2 is 1.44 bits per heavy atom. The van der Waals surface area contributed by atoms with Gasteiger partial charge in [-0.3, -0.25) is 4.79 Å². The van der Waals surface area contributed by atoms with Crippen molar-refractivity contribution in [2.45, 2.75) is 12.5 Å². The number of alkyl halides is 2. The molecule has 0 aliphatic carbocycles. The number of halogens is 2. The highest BCUT2D eigenvalue weighted by Crippen LogP contribution is 2.18. The lowest BCUT2D eigenvalue weighted by atomic mass is 10.0. The van der Waals surface area contributed by atoms with Crippen LogP contribution in [0.15, 0.2) is 48.5 Å². The van der Waals surface area contributed by atoms with Gasteiger partial charge < -0.3 is 14.6 Å². The molecule has 0 heterocycles. The number of aliphatic hydroxyl groups is 1. The van der Waals surface area contributed by atoms with Crippen molar-refractivity contribution in [3.8, 4) is 11.5 Å². The van der Waals surface area contributed by atoms with E-state index in [2.05, 4.69) is 0 Å². The van der Waals surface area contributed by atoms with Crippen LogP contribution in [0.3, 0.4) is 0 Å². The Morgan fingerprint density at radius 3 is 1.92 bits per heavy atom. The zero-order valence-corrected chi connectivity index (χ0v) is 15.2. The molecule has 1 unspecified atom stereocenters. The molecule has 6 heteroatoms. The minimum absolute atomic E-state index is 0.0837. The van der Waals surface area contributed by atoms with Gasteiger partial charge in [-0.2, -0.15) is 0 Å². The SMILES string of the molecule is O=C(c1ccc(OCCCCl)cc1)c1ccc(OCC(O)CCl)cc1. The molecule has 0 amide bonds. The molecule has 4 nitrogen and oxygen atoms in total. The minimum atomic E-state index is -0.715. The topological polar surface area (TPSA) is 55.8 Å². The summed E-state index contributed by atoms with van der Waals surface area (Å²) in [4.78, 5) is 12.5. The molecular weight excluding hydrogens is 363 g/mol. The van der Waals surface area contributed by atoms with Crippen LogP contribution in [0.2, 0.25) is 0 Å². The maximum atomic E-state index is 12.5. The summed E-state index contributed by atoms with van der Waals surface area (Å²) in [6.07, 6.45) is 0.0617. The number of carbonyl (C=O) groups excluding carboxylic acids is 1. The Kier molecular flexibility index (Phi) is 8.06. The quantitative estimate of drug-likeness (QED) is 0.384. The van der Waals surface area contributed by atoms with Crippen molar-refractivity contribution in [1.29, 1.82) is 0 Å². The first kappa shape index (κ1) is 19.6. The van der Waals surface area contributed by atoms with Gasteiger partial charge in [0, 0.05) is 17.0 Å².